The van der Waals surface area contributed by atoms with Crippen LogP contribution in [-0.4, -0.2) is 55.7 Å². The van der Waals surface area contributed by atoms with Crippen LogP contribution < -0.4 is 10.6 Å². The van der Waals surface area contributed by atoms with E-state index >= 15 is 0 Å². The second kappa shape index (κ2) is 9.31. The van der Waals surface area contributed by atoms with Gasteiger partial charge < -0.3 is 15.4 Å². The molecule has 0 saturated carbocycles. The summed E-state index contributed by atoms with van der Waals surface area (Å²) in [4.78, 5) is 14.9. The molecule has 1 fully saturated rings. The summed E-state index contributed by atoms with van der Waals surface area (Å²) in [5.74, 6) is 0.107. The fraction of sp³-hybridized carbons (Fsp3) is 0.500. The van der Waals surface area contributed by atoms with E-state index in [-0.39, 0.29) is 11.9 Å². The van der Waals surface area contributed by atoms with E-state index in [2.05, 4.69) is 71.8 Å². The first-order valence-electron chi connectivity index (χ1n) is 9.82. The molecule has 5 heteroatoms. The van der Waals surface area contributed by atoms with Crippen molar-refractivity contribution in [2.75, 3.05) is 26.8 Å². The molecule has 1 heterocycles. The molecular formula is C22H31N3O2. The number of benzene rings is 2. The van der Waals surface area contributed by atoms with Crippen LogP contribution in [-0.2, 0) is 16.1 Å². The number of fused-ring (bicyclic) bond motifs is 1. The van der Waals surface area contributed by atoms with Gasteiger partial charge in [-0.2, -0.15) is 0 Å². The van der Waals surface area contributed by atoms with Gasteiger partial charge in [-0.3, -0.25) is 9.69 Å². The molecule has 0 radical (unpaired) electrons. The number of carbonyl (C=O) groups excluding carboxylic acids is 1. The molecule has 1 aliphatic rings. The Morgan fingerprint density at radius 2 is 2.00 bits per heavy atom. The lowest BCUT2D eigenvalue weighted by molar-refractivity contribution is -0.126. The van der Waals surface area contributed by atoms with Crippen LogP contribution in [0.5, 0.6) is 0 Å². The standard InChI is InChI=1S/C22H31N3O2/c1-16(2)25-15-19(13-21(25)22(26)23-11-12-27-3)24-14-18-9-6-8-17-7-4-5-10-20(17)18/h4-10,16,19,21,24H,11-15H2,1-3H3,(H,23,26)/t19-,21-/m0/s1. The minimum atomic E-state index is -0.0770. The third-order valence-electron chi connectivity index (χ3n) is 5.37. The predicted molar refractivity (Wildman–Crippen MR) is 110 cm³/mol. The van der Waals surface area contributed by atoms with E-state index in [4.69, 9.17) is 4.74 Å². The Kier molecular flexibility index (Phi) is 6.83. The Hall–Kier alpha value is -1.95. The molecule has 0 aromatic heterocycles. The van der Waals surface area contributed by atoms with Crippen molar-refractivity contribution in [1.82, 2.24) is 15.5 Å². The quantitative estimate of drug-likeness (QED) is 0.702. The highest BCUT2D eigenvalue weighted by atomic mass is 16.5. The van der Waals surface area contributed by atoms with Crippen LogP contribution in [0.1, 0.15) is 25.8 Å². The third kappa shape index (κ3) is 4.86. The molecule has 1 saturated heterocycles. The summed E-state index contributed by atoms with van der Waals surface area (Å²) in [6, 6.07) is 15.5. The zero-order valence-electron chi connectivity index (χ0n) is 16.6. The lowest BCUT2D eigenvalue weighted by Crippen LogP contribution is -2.46. The van der Waals surface area contributed by atoms with E-state index in [9.17, 15) is 4.79 Å². The van der Waals surface area contributed by atoms with Crippen molar-refractivity contribution >= 4 is 16.7 Å². The van der Waals surface area contributed by atoms with E-state index in [1.807, 2.05) is 0 Å². The molecule has 0 aliphatic carbocycles. The molecule has 1 amide bonds. The average molecular weight is 370 g/mol. The molecule has 27 heavy (non-hydrogen) atoms. The molecular weight excluding hydrogens is 338 g/mol. The second-order valence-electron chi connectivity index (χ2n) is 7.54. The molecule has 2 aromatic rings. The Bertz CT molecular complexity index is 757. The SMILES string of the molecule is COCCNC(=O)[C@@H]1C[C@H](NCc2cccc3ccccc23)CN1C(C)C. The number of hydrogen-bond donors (Lipinski definition) is 2. The van der Waals surface area contributed by atoms with Crippen LogP contribution in [0.15, 0.2) is 42.5 Å². The van der Waals surface area contributed by atoms with Crippen LogP contribution in [0.25, 0.3) is 10.8 Å². The van der Waals surface area contributed by atoms with E-state index in [0.717, 1.165) is 19.5 Å². The lowest BCUT2D eigenvalue weighted by Gasteiger charge is -2.27. The van der Waals surface area contributed by atoms with Gasteiger partial charge >= 0.3 is 0 Å². The summed E-state index contributed by atoms with van der Waals surface area (Å²) in [6.07, 6.45) is 0.835. The van der Waals surface area contributed by atoms with Crippen LogP contribution in [0.4, 0.5) is 0 Å². The molecule has 0 bridgehead atoms. The lowest BCUT2D eigenvalue weighted by atomic mass is 10.0. The van der Waals surface area contributed by atoms with Crippen LogP contribution >= 0.6 is 0 Å². The minimum absolute atomic E-state index is 0.0770. The molecule has 2 atom stereocenters. The van der Waals surface area contributed by atoms with Crippen molar-refractivity contribution in [2.45, 2.75) is 44.9 Å². The highest BCUT2D eigenvalue weighted by molar-refractivity contribution is 5.85. The fourth-order valence-corrected chi connectivity index (χ4v) is 3.93. The number of amides is 1. The van der Waals surface area contributed by atoms with Gasteiger partial charge in [0.05, 0.1) is 12.6 Å². The van der Waals surface area contributed by atoms with E-state index in [1.54, 1.807) is 7.11 Å². The Morgan fingerprint density at radius 3 is 2.78 bits per heavy atom. The van der Waals surface area contributed by atoms with Gasteiger partial charge in [-0.25, -0.2) is 0 Å². The first-order chi connectivity index (χ1) is 13.1. The van der Waals surface area contributed by atoms with Crippen molar-refractivity contribution < 1.29 is 9.53 Å². The predicted octanol–water partition coefficient (Wildman–Crippen LogP) is 2.54. The van der Waals surface area contributed by atoms with Crippen molar-refractivity contribution in [3.05, 3.63) is 48.0 Å². The molecule has 3 rings (SSSR count). The first kappa shape index (κ1) is 19.8. The van der Waals surface area contributed by atoms with E-state index in [0.29, 0.717) is 25.2 Å². The summed E-state index contributed by atoms with van der Waals surface area (Å²) in [6.45, 7) is 7.13. The number of nitrogens with zero attached hydrogens (tertiary/aromatic N) is 1. The highest BCUT2D eigenvalue weighted by Crippen LogP contribution is 2.23. The Labute approximate surface area is 162 Å². The number of carbonyl (C=O) groups is 1. The Morgan fingerprint density at radius 1 is 1.22 bits per heavy atom. The normalized spacial score (nSPS) is 20.4. The molecule has 1 aliphatic heterocycles. The molecule has 146 valence electrons. The van der Waals surface area contributed by atoms with E-state index in [1.165, 1.54) is 16.3 Å². The number of nitrogens with one attached hydrogen (secondary N) is 2. The number of methoxy groups -OCH3 is 1. The number of ether oxygens (including phenoxy) is 1. The summed E-state index contributed by atoms with van der Waals surface area (Å²) in [5.41, 5.74) is 1.30. The number of rotatable bonds is 8. The molecule has 0 unspecified atom stereocenters. The highest BCUT2D eigenvalue weighted by Gasteiger charge is 2.37. The maximum absolute atomic E-state index is 12.6. The van der Waals surface area contributed by atoms with Gasteiger partial charge in [-0.1, -0.05) is 42.5 Å². The van der Waals surface area contributed by atoms with Gasteiger partial charge in [0.15, 0.2) is 0 Å². The zero-order chi connectivity index (χ0) is 19.2. The molecule has 0 spiro atoms. The minimum Gasteiger partial charge on any atom is -0.383 e. The van der Waals surface area contributed by atoms with Gasteiger partial charge in [-0.05, 0) is 36.6 Å². The van der Waals surface area contributed by atoms with Crippen LogP contribution in [0.3, 0.4) is 0 Å². The van der Waals surface area contributed by atoms with Gasteiger partial charge in [-0.15, -0.1) is 0 Å². The summed E-state index contributed by atoms with van der Waals surface area (Å²) >= 11 is 0. The second-order valence-corrected chi connectivity index (χ2v) is 7.54. The van der Waals surface area contributed by atoms with Gasteiger partial charge in [0.2, 0.25) is 5.91 Å². The van der Waals surface area contributed by atoms with Crippen molar-refractivity contribution in [2.24, 2.45) is 0 Å². The number of hydrogen-bond acceptors (Lipinski definition) is 4. The van der Waals surface area contributed by atoms with Gasteiger partial charge in [0.25, 0.3) is 0 Å². The van der Waals surface area contributed by atoms with Crippen molar-refractivity contribution in [3.63, 3.8) is 0 Å². The maximum Gasteiger partial charge on any atom is 0.237 e. The molecule has 2 N–H and O–H groups in total. The first-order valence-corrected chi connectivity index (χ1v) is 9.82. The monoisotopic (exact) mass is 369 g/mol. The smallest absolute Gasteiger partial charge is 0.237 e. The molecule has 5 nitrogen and oxygen atoms in total. The zero-order valence-corrected chi connectivity index (χ0v) is 16.6. The number of likely N-dealkylation sites (tertiary alicyclic amines) is 1. The van der Waals surface area contributed by atoms with Crippen LogP contribution in [0, 0.1) is 0 Å². The average Bonchev–Trinajstić information content (AvgIpc) is 3.11. The summed E-state index contributed by atoms with van der Waals surface area (Å²) < 4.78 is 5.03. The fourth-order valence-electron chi connectivity index (χ4n) is 3.93. The van der Waals surface area contributed by atoms with Gasteiger partial charge in [0.1, 0.15) is 0 Å². The van der Waals surface area contributed by atoms with Gasteiger partial charge in [0, 0.05) is 38.8 Å². The third-order valence-corrected chi connectivity index (χ3v) is 5.37. The van der Waals surface area contributed by atoms with Crippen LogP contribution in [0.2, 0.25) is 0 Å². The van der Waals surface area contributed by atoms with Crippen molar-refractivity contribution in [3.8, 4) is 0 Å². The maximum atomic E-state index is 12.6. The summed E-state index contributed by atoms with van der Waals surface area (Å²) in [7, 11) is 1.65. The Balaban J connectivity index is 1.63. The van der Waals surface area contributed by atoms with E-state index < -0.39 is 0 Å². The largest absolute Gasteiger partial charge is 0.383 e. The van der Waals surface area contributed by atoms with Crippen molar-refractivity contribution in [1.29, 1.82) is 0 Å². The topological polar surface area (TPSA) is 53.6 Å². The summed E-state index contributed by atoms with van der Waals surface area (Å²) in [5, 5.41) is 9.23. The molecule has 2 aromatic carbocycles.